The molecule has 1 saturated carbocycles. The summed E-state index contributed by atoms with van der Waals surface area (Å²) in [5, 5.41) is 19.3. The molecule has 2 aliphatic carbocycles. The van der Waals surface area contributed by atoms with E-state index >= 15 is 0 Å². The Kier molecular flexibility index (Phi) is 3.77. The molecule has 0 amide bonds. The van der Waals surface area contributed by atoms with Crippen LogP contribution < -0.4 is 5.23 Å². The monoisotopic (exact) mass is 330 g/mol. The Hall–Kier alpha value is -2.18. The Bertz CT molecular complexity index is 719. The van der Waals surface area contributed by atoms with Crippen LogP contribution in [0, 0.1) is 22.0 Å². The van der Waals surface area contributed by atoms with Gasteiger partial charge in [-0.3, -0.25) is 10.0 Å². The molecule has 6 nitrogen and oxygen atoms in total. The smallest absolute Gasteiger partial charge is 0.343 e. The minimum atomic E-state index is -0.581. The zero-order valence-corrected chi connectivity index (χ0v) is 13.9. The van der Waals surface area contributed by atoms with Crippen molar-refractivity contribution in [3.63, 3.8) is 0 Å². The maximum Gasteiger partial charge on any atom is 0.343 e. The molecule has 0 aliphatic heterocycles. The van der Waals surface area contributed by atoms with Crippen LogP contribution in [0.5, 0.6) is 0 Å². The van der Waals surface area contributed by atoms with Gasteiger partial charge in [-0.25, -0.2) is 4.79 Å². The number of fused-ring (bicyclic) bond motifs is 2. The van der Waals surface area contributed by atoms with E-state index in [2.05, 4.69) is 0 Å². The fourth-order valence-corrected chi connectivity index (χ4v) is 3.82. The molecule has 0 spiro atoms. The quantitative estimate of drug-likeness (QED) is 0.674. The van der Waals surface area contributed by atoms with Crippen LogP contribution in [-0.4, -0.2) is 17.0 Å². The van der Waals surface area contributed by atoms with Gasteiger partial charge >= 0.3 is 5.97 Å². The molecule has 1 N–H and O–H groups in total. The van der Waals surface area contributed by atoms with Crippen molar-refractivity contribution >= 4 is 17.4 Å². The second kappa shape index (κ2) is 5.43. The second-order valence-corrected chi connectivity index (χ2v) is 7.27. The molecule has 0 heterocycles. The molecule has 24 heavy (non-hydrogen) atoms. The third-order valence-corrected chi connectivity index (χ3v) is 5.92. The molecule has 2 aliphatic rings. The van der Waals surface area contributed by atoms with Crippen molar-refractivity contribution < 1.29 is 19.5 Å². The van der Waals surface area contributed by atoms with Crippen LogP contribution in [0.2, 0.25) is 0 Å². The van der Waals surface area contributed by atoms with Crippen LogP contribution in [0.1, 0.15) is 44.0 Å². The van der Waals surface area contributed by atoms with Crippen LogP contribution in [-0.2, 0) is 9.53 Å². The first kappa shape index (κ1) is 16.7. The van der Waals surface area contributed by atoms with E-state index in [1.165, 1.54) is 30.3 Å². The molecule has 128 valence electrons. The normalized spacial score (nSPS) is 27.6. The Labute approximate surface area is 140 Å². The summed E-state index contributed by atoms with van der Waals surface area (Å²) in [6.45, 7) is 6.07. The molecule has 1 aromatic carbocycles. The van der Waals surface area contributed by atoms with Gasteiger partial charge in [0.05, 0.1) is 11.3 Å². The van der Waals surface area contributed by atoms with Crippen molar-refractivity contribution in [2.45, 2.75) is 33.6 Å². The fraction of sp³-hybridized carbons (Fsp3) is 0.444. The van der Waals surface area contributed by atoms with E-state index in [-0.39, 0.29) is 33.6 Å². The number of hydrogen-bond acceptors (Lipinski definition) is 6. The van der Waals surface area contributed by atoms with Gasteiger partial charge < -0.3 is 15.2 Å². The minimum absolute atomic E-state index is 0.00155. The number of carbonyl (C=O) groups is 2. The average Bonchev–Trinajstić information content (AvgIpc) is 2.68. The number of rotatable bonds is 3. The molecular formula is C18H20NO5-. The molecule has 0 aromatic heterocycles. The lowest BCUT2D eigenvalue weighted by atomic mass is 9.60. The summed E-state index contributed by atoms with van der Waals surface area (Å²) in [4.78, 5) is 24.8. The van der Waals surface area contributed by atoms with Crippen molar-refractivity contribution in [1.82, 2.24) is 0 Å². The van der Waals surface area contributed by atoms with Gasteiger partial charge in [-0.15, -0.1) is 0 Å². The van der Waals surface area contributed by atoms with Gasteiger partial charge in [0.2, 0.25) is 0 Å². The third-order valence-electron chi connectivity index (χ3n) is 5.92. The first-order valence-electron chi connectivity index (χ1n) is 7.91. The lowest BCUT2D eigenvalue weighted by molar-refractivity contribution is -0.130. The number of anilines is 1. The first-order valence-corrected chi connectivity index (χ1v) is 7.91. The SMILES string of the molecule is CC1(C)[C@H]2CC[C@]1(C)C(=O)C=C2OC(=O)c1ccc(N([O-])O)cc1. The highest BCUT2D eigenvalue weighted by Crippen LogP contribution is 2.61. The Balaban J connectivity index is 1.82. The summed E-state index contributed by atoms with van der Waals surface area (Å²) in [6.07, 6.45) is 3.05. The van der Waals surface area contributed by atoms with Crippen molar-refractivity contribution in [3.8, 4) is 0 Å². The van der Waals surface area contributed by atoms with Crippen molar-refractivity contribution in [2.75, 3.05) is 5.23 Å². The van der Waals surface area contributed by atoms with Crippen LogP contribution in [0.25, 0.3) is 0 Å². The molecule has 0 radical (unpaired) electrons. The van der Waals surface area contributed by atoms with E-state index in [1.807, 2.05) is 20.8 Å². The van der Waals surface area contributed by atoms with Crippen LogP contribution in [0.3, 0.4) is 0 Å². The maximum atomic E-state index is 12.5. The topological polar surface area (TPSA) is 89.9 Å². The number of nitrogens with zero attached hydrogens (tertiary/aromatic N) is 1. The molecule has 3 rings (SSSR count). The number of benzene rings is 1. The summed E-state index contributed by atoms with van der Waals surface area (Å²) in [6, 6.07) is 5.43. The van der Waals surface area contributed by atoms with Gasteiger partial charge in [0, 0.05) is 17.4 Å². The predicted molar refractivity (Wildman–Crippen MR) is 87.2 cm³/mol. The van der Waals surface area contributed by atoms with Crippen LogP contribution in [0.15, 0.2) is 36.1 Å². The summed E-state index contributed by atoms with van der Waals surface area (Å²) in [7, 11) is 0. The zero-order chi connectivity index (χ0) is 17.7. The van der Waals surface area contributed by atoms with E-state index in [9.17, 15) is 14.8 Å². The van der Waals surface area contributed by atoms with Gasteiger partial charge in [0.25, 0.3) is 0 Å². The molecule has 2 bridgehead atoms. The van der Waals surface area contributed by atoms with Crippen LogP contribution >= 0.6 is 0 Å². The summed E-state index contributed by atoms with van der Waals surface area (Å²) < 4.78 is 5.51. The fourth-order valence-electron chi connectivity index (χ4n) is 3.82. The van der Waals surface area contributed by atoms with Gasteiger partial charge in [0.1, 0.15) is 5.76 Å². The van der Waals surface area contributed by atoms with Crippen molar-refractivity contribution in [1.29, 1.82) is 0 Å². The molecule has 1 aromatic rings. The number of hydrogen-bond donors (Lipinski definition) is 1. The van der Waals surface area contributed by atoms with E-state index < -0.39 is 11.4 Å². The Morgan fingerprint density at radius 2 is 1.92 bits per heavy atom. The largest absolute Gasteiger partial charge is 0.733 e. The number of ether oxygens (including phenoxy) is 1. The molecule has 6 heteroatoms. The van der Waals surface area contributed by atoms with Gasteiger partial charge in [-0.05, 0) is 42.5 Å². The summed E-state index contributed by atoms with van der Waals surface area (Å²) in [5.41, 5.74) is -0.406. The highest BCUT2D eigenvalue weighted by molar-refractivity contribution is 5.98. The highest BCUT2D eigenvalue weighted by atomic mass is 16.8. The molecule has 0 saturated heterocycles. The third kappa shape index (κ3) is 2.34. The second-order valence-electron chi connectivity index (χ2n) is 7.27. The summed E-state index contributed by atoms with van der Waals surface area (Å²) in [5.74, 6) is -0.136. The van der Waals surface area contributed by atoms with Gasteiger partial charge in [-0.1, -0.05) is 20.8 Å². The van der Waals surface area contributed by atoms with Gasteiger partial charge in [-0.2, -0.15) is 0 Å². The maximum absolute atomic E-state index is 12.5. The predicted octanol–water partition coefficient (Wildman–Crippen LogP) is 3.45. The van der Waals surface area contributed by atoms with Crippen molar-refractivity contribution in [2.24, 2.45) is 16.7 Å². The van der Waals surface area contributed by atoms with E-state index in [1.54, 1.807) is 0 Å². The van der Waals surface area contributed by atoms with Crippen molar-refractivity contribution in [3.05, 3.63) is 46.9 Å². The van der Waals surface area contributed by atoms with E-state index in [0.29, 0.717) is 5.76 Å². The number of carbonyl (C=O) groups excluding carboxylic acids is 2. The van der Waals surface area contributed by atoms with E-state index in [0.717, 1.165) is 12.8 Å². The molecule has 0 unspecified atom stereocenters. The number of ketones is 1. The first-order chi connectivity index (χ1) is 11.2. The standard InChI is InChI=1S/C18H20NO5/c1-17(2)13-8-9-18(17,3)15(20)10-14(13)24-16(21)11-4-6-12(7-5-11)19(22)23/h4-7,10,13,22H,8-9H2,1-3H3/q-1/t13-,18+/m0/s1. The Morgan fingerprint density at radius 3 is 2.50 bits per heavy atom. The number of allylic oxidation sites excluding steroid dienone is 2. The van der Waals surface area contributed by atoms with Gasteiger partial charge in [0.15, 0.2) is 5.78 Å². The molecular weight excluding hydrogens is 310 g/mol. The van der Waals surface area contributed by atoms with E-state index in [4.69, 9.17) is 9.94 Å². The Morgan fingerprint density at radius 1 is 1.29 bits per heavy atom. The average molecular weight is 330 g/mol. The molecule has 1 fully saturated rings. The zero-order valence-electron chi connectivity index (χ0n) is 13.9. The molecule has 2 atom stereocenters. The highest BCUT2D eigenvalue weighted by Gasteiger charge is 2.59. The van der Waals surface area contributed by atoms with Crippen LogP contribution in [0.4, 0.5) is 5.69 Å². The lowest BCUT2D eigenvalue weighted by Gasteiger charge is -2.43. The lowest BCUT2D eigenvalue weighted by Crippen LogP contribution is -2.44. The number of esters is 1. The minimum Gasteiger partial charge on any atom is -0.733 e. The summed E-state index contributed by atoms with van der Waals surface area (Å²) >= 11 is 0.